The first-order valence-electron chi connectivity index (χ1n) is 4.48. The highest BCUT2D eigenvalue weighted by molar-refractivity contribution is 6.31. The van der Waals surface area contributed by atoms with E-state index in [1.54, 1.807) is 6.92 Å². The predicted molar refractivity (Wildman–Crippen MR) is 50.2 cm³/mol. The lowest BCUT2D eigenvalue weighted by molar-refractivity contribution is -0.0925. The molecular formula is C9H11F3N2O. The van der Waals surface area contributed by atoms with E-state index in [1.165, 1.54) is 0 Å². The van der Waals surface area contributed by atoms with Crippen LogP contribution in [0.5, 0.6) is 0 Å². The maximum absolute atomic E-state index is 12.4. The van der Waals surface area contributed by atoms with Gasteiger partial charge in [-0.2, -0.15) is 13.2 Å². The van der Waals surface area contributed by atoms with Gasteiger partial charge < -0.3 is 5.21 Å². The van der Waals surface area contributed by atoms with E-state index < -0.39 is 11.9 Å². The largest absolute Gasteiger partial charge is 0.433 e. The van der Waals surface area contributed by atoms with Crippen LogP contribution < -0.4 is 0 Å². The lowest BCUT2D eigenvalue weighted by Gasteiger charge is -2.08. The average Bonchev–Trinajstić information content (AvgIpc) is 2.29. The molecule has 0 saturated carbocycles. The molecule has 1 atom stereocenters. The lowest BCUT2D eigenvalue weighted by atomic mass is 10.0. The van der Waals surface area contributed by atoms with Crippen LogP contribution in [0.3, 0.4) is 0 Å². The molecule has 1 heterocycles. The van der Waals surface area contributed by atoms with Crippen LogP contribution in [0.2, 0.25) is 0 Å². The van der Waals surface area contributed by atoms with Crippen molar-refractivity contribution in [2.45, 2.75) is 25.9 Å². The topological polar surface area (TPSA) is 45.0 Å². The maximum atomic E-state index is 12.4. The van der Waals surface area contributed by atoms with E-state index in [1.807, 2.05) is 0 Å². The summed E-state index contributed by atoms with van der Waals surface area (Å²) >= 11 is 0. The lowest BCUT2D eigenvalue weighted by Crippen LogP contribution is -2.15. The Morgan fingerprint density at radius 1 is 1.60 bits per heavy atom. The third kappa shape index (κ3) is 3.07. The second-order valence-electron chi connectivity index (χ2n) is 3.35. The molecule has 0 aliphatic carbocycles. The van der Waals surface area contributed by atoms with E-state index >= 15 is 0 Å². The van der Waals surface area contributed by atoms with Gasteiger partial charge in [0.25, 0.3) is 0 Å². The van der Waals surface area contributed by atoms with E-state index in [9.17, 15) is 13.2 Å². The molecule has 0 saturated heterocycles. The number of alkyl halides is 3. The van der Waals surface area contributed by atoms with Gasteiger partial charge in [0.05, 0.1) is 11.9 Å². The summed E-state index contributed by atoms with van der Waals surface area (Å²) in [7, 11) is 0. The third-order valence-electron chi connectivity index (χ3n) is 2.17. The van der Waals surface area contributed by atoms with Crippen molar-refractivity contribution in [1.82, 2.24) is 0 Å². The second kappa shape index (κ2) is 4.46. The SMILES string of the molecule is CC1CCC=C(C(F)(F)F)N=C1/C=N/O. The molecule has 3 nitrogen and oxygen atoms in total. The summed E-state index contributed by atoms with van der Waals surface area (Å²) in [6.45, 7) is 1.74. The first kappa shape index (κ1) is 11.7. The monoisotopic (exact) mass is 220 g/mol. The van der Waals surface area contributed by atoms with Crippen LogP contribution in [0.4, 0.5) is 13.2 Å². The van der Waals surface area contributed by atoms with Crippen molar-refractivity contribution in [2.24, 2.45) is 16.1 Å². The van der Waals surface area contributed by atoms with Crippen molar-refractivity contribution in [3.05, 3.63) is 11.8 Å². The Morgan fingerprint density at radius 2 is 2.27 bits per heavy atom. The Kier molecular flexibility index (Phi) is 3.49. The molecule has 1 aliphatic rings. The van der Waals surface area contributed by atoms with Crippen molar-refractivity contribution >= 4 is 11.9 Å². The molecule has 0 bridgehead atoms. The molecule has 0 aromatic carbocycles. The van der Waals surface area contributed by atoms with Gasteiger partial charge in [0, 0.05) is 5.92 Å². The van der Waals surface area contributed by atoms with Crippen LogP contribution in [-0.4, -0.2) is 23.3 Å². The summed E-state index contributed by atoms with van der Waals surface area (Å²) in [4.78, 5) is 3.46. The molecule has 15 heavy (non-hydrogen) atoms. The Bertz CT molecular complexity index is 318. The number of hydrogen-bond donors (Lipinski definition) is 1. The quantitative estimate of drug-likeness (QED) is 0.412. The standard InChI is InChI=1S/C9H11F3N2O/c1-6-3-2-4-8(9(10,11)12)14-7(6)5-13-15/h4-6,15H,2-3H2,1H3/b13-5+. The van der Waals surface area contributed by atoms with Gasteiger partial charge in [-0.15, -0.1) is 0 Å². The van der Waals surface area contributed by atoms with Crippen molar-refractivity contribution in [3.63, 3.8) is 0 Å². The van der Waals surface area contributed by atoms with Crippen LogP contribution in [0.15, 0.2) is 21.9 Å². The average molecular weight is 220 g/mol. The van der Waals surface area contributed by atoms with Gasteiger partial charge in [-0.3, -0.25) is 0 Å². The van der Waals surface area contributed by atoms with Gasteiger partial charge in [-0.1, -0.05) is 18.2 Å². The molecule has 0 amide bonds. The number of aliphatic imine (C=N–C) groups is 1. The zero-order valence-corrected chi connectivity index (χ0v) is 8.12. The number of rotatable bonds is 1. The third-order valence-corrected chi connectivity index (χ3v) is 2.17. The summed E-state index contributed by atoms with van der Waals surface area (Å²) in [5.74, 6) is -0.142. The molecule has 84 valence electrons. The fourth-order valence-electron chi connectivity index (χ4n) is 1.31. The molecule has 0 radical (unpaired) electrons. The van der Waals surface area contributed by atoms with E-state index in [0.717, 1.165) is 12.3 Å². The van der Waals surface area contributed by atoms with Crippen molar-refractivity contribution in [2.75, 3.05) is 0 Å². The number of halogens is 3. The summed E-state index contributed by atoms with van der Waals surface area (Å²) in [6.07, 6.45) is -1.55. The number of nitrogens with zero attached hydrogens (tertiary/aromatic N) is 2. The minimum Gasteiger partial charge on any atom is -0.411 e. The molecule has 1 aliphatic heterocycles. The normalized spacial score (nSPS) is 23.6. The highest BCUT2D eigenvalue weighted by Gasteiger charge is 2.34. The number of hydrogen-bond acceptors (Lipinski definition) is 3. The highest BCUT2D eigenvalue weighted by atomic mass is 19.4. The highest BCUT2D eigenvalue weighted by Crippen LogP contribution is 2.30. The summed E-state index contributed by atoms with van der Waals surface area (Å²) in [5, 5.41) is 11.0. The van der Waals surface area contributed by atoms with Gasteiger partial charge in [0.15, 0.2) is 0 Å². The smallest absolute Gasteiger partial charge is 0.411 e. The zero-order valence-electron chi connectivity index (χ0n) is 8.12. The van der Waals surface area contributed by atoms with Gasteiger partial charge in [0.1, 0.15) is 5.70 Å². The first-order valence-corrected chi connectivity index (χ1v) is 4.48. The van der Waals surface area contributed by atoms with Crippen molar-refractivity contribution < 1.29 is 18.4 Å². The van der Waals surface area contributed by atoms with E-state index in [-0.39, 0.29) is 11.6 Å². The minimum atomic E-state index is -4.45. The Balaban J connectivity index is 3.02. The van der Waals surface area contributed by atoms with Gasteiger partial charge >= 0.3 is 6.18 Å². The fourth-order valence-corrected chi connectivity index (χ4v) is 1.31. The van der Waals surface area contributed by atoms with Crippen LogP contribution in [0, 0.1) is 5.92 Å². The van der Waals surface area contributed by atoms with Crippen LogP contribution in [-0.2, 0) is 0 Å². The fraction of sp³-hybridized carbons (Fsp3) is 0.556. The maximum Gasteiger partial charge on any atom is 0.433 e. The molecule has 0 spiro atoms. The van der Waals surface area contributed by atoms with Gasteiger partial charge in [-0.05, 0) is 12.8 Å². The number of oxime groups is 1. The summed E-state index contributed by atoms with van der Waals surface area (Å²) in [6, 6.07) is 0. The van der Waals surface area contributed by atoms with Crippen LogP contribution >= 0.6 is 0 Å². The van der Waals surface area contributed by atoms with E-state index in [2.05, 4.69) is 10.1 Å². The minimum absolute atomic E-state index is 0.142. The molecular weight excluding hydrogens is 209 g/mol. The van der Waals surface area contributed by atoms with Crippen LogP contribution in [0.1, 0.15) is 19.8 Å². The second-order valence-corrected chi connectivity index (χ2v) is 3.35. The molecule has 1 rings (SSSR count). The first-order chi connectivity index (χ1) is 6.95. The zero-order chi connectivity index (χ0) is 11.5. The van der Waals surface area contributed by atoms with Gasteiger partial charge in [-0.25, -0.2) is 4.99 Å². The summed E-state index contributed by atoms with van der Waals surface area (Å²) < 4.78 is 37.1. The van der Waals surface area contributed by atoms with Crippen molar-refractivity contribution in [3.8, 4) is 0 Å². The van der Waals surface area contributed by atoms with E-state index in [4.69, 9.17) is 5.21 Å². The predicted octanol–water partition coefficient (Wildman–Crippen LogP) is 2.76. The van der Waals surface area contributed by atoms with Gasteiger partial charge in [0.2, 0.25) is 0 Å². The van der Waals surface area contributed by atoms with Crippen molar-refractivity contribution in [1.29, 1.82) is 0 Å². The Hall–Kier alpha value is -1.33. The molecule has 0 aromatic rings. The summed E-state index contributed by atoms with van der Waals surface area (Å²) in [5.41, 5.74) is -0.764. The Morgan fingerprint density at radius 3 is 2.80 bits per heavy atom. The molecule has 1 unspecified atom stereocenters. The molecule has 0 aromatic heterocycles. The number of allylic oxidation sites excluding steroid dienone is 2. The molecule has 1 N–H and O–H groups in total. The van der Waals surface area contributed by atoms with E-state index in [0.29, 0.717) is 12.8 Å². The molecule has 0 fully saturated rings. The Labute approximate surface area is 85.0 Å². The molecule has 6 heteroatoms. The van der Waals surface area contributed by atoms with Crippen LogP contribution in [0.25, 0.3) is 0 Å².